The molecule has 0 N–H and O–H groups in total. The van der Waals surface area contributed by atoms with E-state index in [4.69, 9.17) is 0 Å². The van der Waals surface area contributed by atoms with Gasteiger partial charge >= 0.3 is 0 Å². The summed E-state index contributed by atoms with van der Waals surface area (Å²) in [5.41, 5.74) is 2.41. The molecule has 1 heterocycles. The molecule has 3 aromatic rings. The van der Waals surface area contributed by atoms with Gasteiger partial charge < -0.3 is 4.90 Å². The minimum absolute atomic E-state index is 0. The summed E-state index contributed by atoms with van der Waals surface area (Å²) in [4.78, 5) is 21.8. The van der Waals surface area contributed by atoms with Crippen molar-refractivity contribution in [2.24, 2.45) is 0 Å². The molecule has 6 nitrogen and oxygen atoms in total. The van der Waals surface area contributed by atoms with Crippen molar-refractivity contribution in [3.8, 4) is 0 Å². The molecule has 30 heavy (non-hydrogen) atoms. The normalized spacial score (nSPS) is 11.5. The topological polar surface area (TPSA) is 70.6 Å². The summed E-state index contributed by atoms with van der Waals surface area (Å²) in [5, 5.41) is 0.616. The lowest BCUT2D eigenvalue weighted by Gasteiger charge is -2.22. The van der Waals surface area contributed by atoms with Crippen molar-refractivity contribution in [1.29, 1.82) is 0 Å². The zero-order chi connectivity index (χ0) is 21.2. The third kappa shape index (κ3) is 5.57. The zero-order valence-corrected chi connectivity index (χ0v) is 19.9. The summed E-state index contributed by atoms with van der Waals surface area (Å²) in [7, 11) is 0.491. The molecule has 162 valence electrons. The minimum Gasteiger partial charge on any atom is -0.308 e. The quantitative estimate of drug-likeness (QED) is 0.527. The third-order valence-corrected chi connectivity index (χ3v) is 6.76. The molecule has 0 spiro atoms. The Kier molecular flexibility index (Phi) is 7.99. The number of halogens is 1. The average Bonchev–Trinajstić information content (AvgIpc) is 3.09. The number of carbonyl (C=O) groups is 1. The third-order valence-electron chi connectivity index (χ3n) is 4.61. The molecule has 0 radical (unpaired) electrons. The van der Waals surface area contributed by atoms with Crippen LogP contribution in [0.5, 0.6) is 0 Å². The van der Waals surface area contributed by atoms with Gasteiger partial charge in [-0.05, 0) is 56.4 Å². The standard InChI is InChI=1S/C21H25N3O3S2.ClH/c1-5-15-9-10-18-19(13-15)28-21(22-18)24(12-11-23(2)3)20(25)16-7-6-8-17(14-16)29(4,26)27;/h6-10,13-14H,5,11-12H2,1-4H3;1H. The van der Waals surface area contributed by atoms with E-state index in [1.54, 1.807) is 17.0 Å². The summed E-state index contributed by atoms with van der Waals surface area (Å²) in [5.74, 6) is -0.257. The maximum Gasteiger partial charge on any atom is 0.260 e. The van der Waals surface area contributed by atoms with Gasteiger partial charge in [-0.1, -0.05) is 30.4 Å². The SMILES string of the molecule is CCc1ccc2nc(N(CCN(C)C)C(=O)c3cccc(S(C)(=O)=O)c3)sc2c1.Cl. The number of hydrogen-bond acceptors (Lipinski definition) is 6. The molecule has 3 rings (SSSR count). The van der Waals surface area contributed by atoms with E-state index in [9.17, 15) is 13.2 Å². The van der Waals surface area contributed by atoms with Crippen LogP contribution >= 0.6 is 23.7 Å². The first kappa shape index (κ1) is 24.3. The van der Waals surface area contributed by atoms with Crippen molar-refractivity contribution < 1.29 is 13.2 Å². The fourth-order valence-electron chi connectivity index (χ4n) is 2.89. The first-order valence-corrected chi connectivity index (χ1v) is 12.1. The van der Waals surface area contributed by atoms with Gasteiger partial charge in [0.1, 0.15) is 0 Å². The second-order valence-electron chi connectivity index (χ2n) is 7.21. The number of aryl methyl sites for hydroxylation is 1. The molecule has 0 fully saturated rings. The van der Waals surface area contributed by atoms with Gasteiger partial charge in [0.25, 0.3) is 5.91 Å². The number of likely N-dealkylation sites (N-methyl/N-ethyl adjacent to an activating group) is 1. The van der Waals surface area contributed by atoms with Gasteiger partial charge in [-0.25, -0.2) is 13.4 Å². The van der Waals surface area contributed by atoms with Crippen molar-refractivity contribution in [3.63, 3.8) is 0 Å². The summed E-state index contributed by atoms with van der Waals surface area (Å²) >= 11 is 1.48. The Bertz CT molecular complexity index is 1140. The Morgan fingerprint density at radius 3 is 2.47 bits per heavy atom. The van der Waals surface area contributed by atoms with Crippen LogP contribution in [0.25, 0.3) is 10.2 Å². The van der Waals surface area contributed by atoms with Gasteiger partial charge in [0, 0.05) is 24.9 Å². The number of benzene rings is 2. The highest BCUT2D eigenvalue weighted by Gasteiger charge is 2.22. The lowest BCUT2D eigenvalue weighted by molar-refractivity contribution is 0.0985. The van der Waals surface area contributed by atoms with Crippen molar-refractivity contribution in [1.82, 2.24) is 9.88 Å². The molecule has 1 aromatic heterocycles. The van der Waals surface area contributed by atoms with E-state index >= 15 is 0 Å². The first-order valence-electron chi connectivity index (χ1n) is 9.35. The number of thiazole rings is 1. The van der Waals surface area contributed by atoms with Gasteiger partial charge in [-0.2, -0.15) is 0 Å². The highest BCUT2D eigenvalue weighted by molar-refractivity contribution is 7.90. The van der Waals surface area contributed by atoms with E-state index in [1.807, 2.05) is 31.1 Å². The lowest BCUT2D eigenvalue weighted by atomic mass is 10.2. The molecule has 1 amide bonds. The largest absolute Gasteiger partial charge is 0.308 e. The van der Waals surface area contributed by atoms with Crippen LogP contribution in [0.2, 0.25) is 0 Å². The number of carbonyl (C=O) groups excluding carboxylic acids is 1. The van der Waals surface area contributed by atoms with Gasteiger partial charge in [0.15, 0.2) is 15.0 Å². The van der Waals surface area contributed by atoms with Crippen LogP contribution in [-0.4, -0.2) is 57.6 Å². The molecule has 9 heteroatoms. The van der Waals surface area contributed by atoms with Gasteiger partial charge in [-0.3, -0.25) is 9.69 Å². The number of rotatable bonds is 7. The number of amides is 1. The molecule has 0 atom stereocenters. The van der Waals surface area contributed by atoms with Crippen LogP contribution in [0.1, 0.15) is 22.8 Å². The summed E-state index contributed by atoms with van der Waals surface area (Å²) in [6.07, 6.45) is 2.07. The number of anilines is 1. The van der Waals surface area contributed by atoms with E-state index < -0.39 is 9.84 Å². The predicted molar refractivity (Wildman–Crippen MR) is 126 cm³/mol. The van der Waals surface area contributed by atoms with Crippen LogP contribution in [0.15, 0.2) is 47.4 Å². The smallest absolute Gasteiger partial charge is 0.260 e. The highest BCUT2D eigenvalue weighted by Crippen LogP contribution is 2.31. The molecule has 0 saturated heterocycles. The maximum absolute atomic E-state index is 13.3. The van der Waals surface area contributed by atoms with Crippen LogP contribution in [0, 0.1) is 0 Å². The Hall–Kier alpha value is -2.00. The summed E-state index contributed by atoms with van der Waals surface area (Å²) in [6, 6.07) is 12.3. The Morgan fingerprint density at radius 1 is 1.10 bits per heavy atom. The molecule has 0 aliphatic carbocycles. The fraction of sp³-hybridized carbons (Fsp3) is 0.333. The molecule has 0 saturated carbocycles. The van der Waals surface area contributed by atoms with Gasteiger partial charge in [-0.15, -0.1) is 12.4 Å². The summed E-state index contributed by atoms with van der Waals surface area (Å²) in [6.45, 7) is 3.22. The van der Waals surface area contributed by atoms with Crippen LogP contribution in [0.3, 0.4) is 0 Å². The number of sulfone groups is 1. The predicted octanol–water partition coefficient (Wildman–Crippen LogP) is 3.89. The van der Waals surface area contributed by atoms with Crippen molar-refractivity contribution >= 4 is 54.8 Å². The van der Waals surface area contributed by atoms with E-state index in [-0.39, 0.29) is 23.2 Å². The van der Waals surface area contributed by atoms with E-state index in [1.165, 1.54) is 29.0 Å². The molecule has 0 aliphatic heterocycles. The highest BCUT2D eigenvalue weighted by atomic mass is 35.5. The Morgan fingerprint density at radius 2 is 1.83 bits per heavy atom. The van der Waals surface area contributed by atoms with Crippen molar-refractivity contribution in [3.05, 3.63) is 53.6 Å². The fourth-order valence-corrected chi connectivity index (χ4v) is 4.61. The maximum atomic E-state index is 13.3. The zero-order valence-electron chi connectivity index (χ0n) is 17.5. The number of hydrogen-bond donors (Lipinski definition) is 0. The van der Waals surface area contributed by atoms with E-state index in [2.05, 4.69) is 18.0 Å². The van der Waals surface area contributed by atoms with Gasteiger partial charge in [0.05, 0.1) is 15.1 Å². The minimum atomic E-state index is -3.40. The van der Waals surface area contributed by atoms with Crippen LogP contribution < -0.4 is 4.90 Å². The number of fused-ring (bicyclic) bond motifs is 1. The molecule has 0 aliphatic rings. The average molecular weight is 468 g/mol. The molecule has 0 bridgehead atoms. The second kappa shape index (κ2) is 9.87. The molecular weight excluding hydrogens is 442 g/mol. The number of aromatic nitrogens is 1. The molecule has 2 aromatic carbocycles. The summed E-state index contributed by atoms with van der Waals surface area (Å²) < 4.78 is 24.8. The first-order chi connectivity index (χ1) is 13.7. The van der Waals surface area contributed by atoms with Gasteiger partial charge in [0.2, 0.25) is 0 Å². The Balaban J connectivity index is 0.00000320. The molecular formula is C21H26ClN3O3S2. The van der Waals surface area contributed by atoms with E-state index in [0.717, 1.165) is 22.9 Å². The lowest BCUT2D eigenvalue weighted by Crippen LogP contribution is -2.36. The van der Waals surface area contributed by atoms with Crippen LogP contribution in [0.4, 0.5) is 5.13 Å². The van der Waals surface area contributed by atoms with Crippen molar-refractivity contribution in [2.75, 3.05) is 38.3 Å². The Labute approximate surface area is 187 Å². The second-order valence-corrected chi connectivity index (χ2v) is 10.2. The molecule has 0 unspecified atom stereocenters. The number of nitrogens with zero attached hydrogens (tertiary/aromatic N) is 3. The van der Waals surface area contributed by atoms with E-state index in [0.29, 0.717) is 23.8 Å². The van der Waals surface area contributed by atoms with Crippen molar-refractivity contribution in [2.45, 2.75) is 18.2 Å². The van der Waals surface area contributed by atoms with Crippen LogP contribution in [-0.2, 0) is 16.3 Å². The monoisotopic (exact) mass is 467 g/mol.